The molecule has 0 amide bonds. The Kier molecular flexibility index (Phi) is 6.03. The summed E-state index contributed by atoms with van der Waals surface area (Å²) in [4.78, 5) is 0. The van der Waals surface area contributed by atoms with Gasteiger partial charge in [0.05, 0.1) is 0 Å². The van der Waals surface area contributed by atoms with Crippen LogP contribution in [0.25, 0.3) is 0 Å². The predicted molar refractivity (Wildman–Crippen MR) is 86.3 cm³/mol. The van der Waals surface area contributed by atoms with Gasteiger partial charge in [-0.1, -0.05) is 47.7 Å². The van der Waals surface area contributed by atoms with Gasteiger partial charge in [-0.2, -0.15) is 0 Å². The Balaban J connectivity index is 1.97. The molecule has 1 aliphatic rings. The van der Waals surface area contributed by atoms with Crippen LogP contribution in [0.15, 0.2) is 22.7 Å². The van der Waals surface area contributed by atoms with E-state index < -0.39 is 0 Å². The van der Waals surface area contributed by atoms with E-state index in [1.54, 1.807) is 6.07 Å². The first-order chi connectivity index (χ1) is 9.58. The van der Waals surface area contributed by atoms with E-state index in [1.165, 1.54) is 38.5 Å². The lowest BCUT2D eigenvalue weighted by Gasteiger charge is -2.27. The van der Waals surface area contributed by atoms with Gasteiger partial charge in [0.25, 0.3) is 0 Å². The highest BCUT2D eigenvalue weighted by Crippen LogP contribution is 2.27. The summed E-state index contributed by atoms with van der Waals surface area (Å²) in [7, 11) is 0. The lowest BCUT2D eigenvalue weighted by molar-refractivity contribution is 0.314. The summed E-state index contributed by atoms with van der Waals surface area (Å²) in [6.07, 6.45) is 8.06. The molecular weight excluding hydrogens is 317 g/mol. The molecule has 112 valence electrons. The summed E-state index contributed by atoms with van der Waals surface area (Å²) in [5.41, 5.74) is 0.758. The molecule has 1 aliphatic carbocycles. The second-order valence-electron chi connectivity index (χ2n) is 6.09. The minimum atomic E-state index is -0.132. The Morgan fingerprint density at radius 3 is 2.40 bits per heavy atom. The van der Waals surface area contributed by atoms with Gasteiger partial charge in [0.1, 0.15) is 5.82 Å². The molecule has 0 spiro atoms. The topological polar surface area (TPSA) is 12.0 Å². The van der Waals surface area contributed by atoms with Crippen molar-refractivity contribution in [1.82, 2.24) is 5.32 Å². The van der Waals surface area contributed by atoms with Gasteiger partial charge in [-0.15, -0.1) is 0 Å². The molecule has 1 nitrogen and oxygen atoms in total. The van der Waals surface area contributed by atoms with Crippen molar-refractivity contribution in [1.29, 1.82) is 0 Å². The van der Waals surface area contributed by atoms with E-state index in [4.69, 9.17) is 0 Å². The van der Waals surface area contributed by atoms with Crippen LogP contribution in [-0.4, -0.2) is 6.04 Å². The summed E-state index contributed by atoms with van der Waals surface area (Å²) in [6.45, 7) is 4.31. The van der Waals surface area contributed by atoms with Gasteiger partial charge in [0.15, 0.2) is 0 Å². The Morgan fingerprint density at radius 2 is 1.80 bits per heavy atom. The molecule has 0 aromatic heterocycles. The molecule has 2 rings (SSSR count). The molecule has 2 atom stereocenters. The summed E-state index contributed by atoms with van der Waals surface area (Å²) in [5.74, 6) is 0.603. The normalized spacial score (nSPS) is 20.4. The molecule has 1 unspecified atom stereocenters. The second kappa shape index (κ2) is 7.56. The maximum atomic E-state index is 14.0. The number of rotatable bonds is 4. The smallest absolute Gasteiger partial charge is 0.129 e. The van der Waals surface area contributed by atoms with Crippen LogP contribution in [0.5, 0.6) is 0 Å². The van der Waals surface area contributed by atoms with Gasteiger partial charge in [-0.25, -0.2) is 4.39 Å². The standard InChI is InChI=1S/C17H25BrFN/c1-12(14-7-5-3-4-6-8-14)20-13(2)16-10-9-15(18)11-17(16)19/h9-14,20H,3-8H2,1-2H3/t12-,13?/m0/s1. The average Bonchev–Trinajstić information content (AvgIpc) is 2.67. The lowest BCUT2D eigenvalue weighted by atomic mass is 9.92. The van der Waals surface area contributed by atoms with Gasteiger partial charge in [0, 0.05) is 22.1 Å². The van der Waals surface area contributed by atoms with Crippen molar-refractivity contribution in [2.24, 2.45) is 5.92 Å². The Hall–Kier alpha value is -0.410. The average molecular weight is 342 g/mol. The largest absolute Gasteiger partial charge is 0.307 e. The third-order valence-electron chi connectivity index (χ3n) is 4.55. The molecule has 0 saturated heterocycles. The quantitative estimate of drug-likeness (QED) is 0.703. The fraction of sp³-hybridized carbons (Fsp3) is 0.647. The van der Waals surface area contributed by atoms with Crippen molar-refractivity contribution in [3.63, 3.8) is 0 Å². The van der Waals surface area contributed by atoms with Gasteiger partial charge >= 0.3 is 0 Å². The molecule has 1 fully saturated rings. The number of hydrogen-bond donors (Lipinski definition) is 1. The lowest BCUT2D eigenvalue weighted by Crippen LogP contribution is -2.35. The van der Waals surface area contributed by atoms with Crippen LogP contribution in [-0.2, 0) is 0 Å². The van der Waals surface area contributed by atoms with Crippen LogP contribution in [0.2, 0.25) is 0 Å². The maximum absolute atomic E-state index is 14.0. The maximum Gasteiger partial charge on any atom is 0.129 e. The van der Waals surface area contributed by atoms with Crippen molar-refractivity contribution in [2.75, 3.05) is 0 Å². The minimum Gasteiger partial charge on any atom is -0.307 e. The molecule has 0 radical (unpaired) electrons. The first-order valence-corrected chi connectivity index (χ1v) is 8.58. The van der Waals surface area contributed by atoms with Crippen LogP contribution in [0.4, 0.5) is 4.39 Å². The predicted octanol–water partition coefficient (Wildman–Crippen LogP) is 5.60. The van der Waals surface area contributed by atoms with Gasteiger partial charge in [-0.05, 0) is 44.7 Å². The van der Waals surface area contributed by atoms with E-state index in [-0.39, 0.29) is 11.9 Å². The molecule has 1 aromatic rings. The number of hydrogen-bond acceptors (Lipinski definition) is 1. The van der Waals surface area contributed by atoms with E-state index in [0.29, 0.717) is 6.04 Å². The summed E-state index contributed by atoms with van der Waals surface area (Å²) in [5, 5.41) is 3.60. The van der Waals surface area contributed by atoms with E-state index in [1.807, 2.05) is 12.1 Å². The summed E-state index contributed by atoms with van der Waals surface area (Å²) < 4.78 is 14.8. The first kappa shape index (κ1) is 16.0. The van der Waals surface area contributed by atoms with Crippen molar-refractivity contribution in [3.05, 3.63) is 34.1 Å². The molecular formula is C17H25BrFN. The van der Waals surface area contributed by atoms with E-state index in [0.717, 1.165) is 16.0 Å². The molecule has 1 aromatic carbocycles. The highest BCUT2D eigenvalue weighted by atomic mass is 79.9. The summed E-state index contributed by atoms with van der Waals surface area (Å²) >= 11 is 3.31. The zero-order chi connectivity index (χ0) is 14.5. The van der Waals surface area contributed by atoms with E-state index >= 15 is 0 Å². The van der Waals surface area contributed by atoms with Gasteiger partial charge < -0.3 is 5.32 Å². The molecule has 3 heteroatoms. The number of benzene rings is 1. The second-order valence-corrected chi connectivity index (χ2v) is 7.01. The van der Waals surface area contributed by atoms with Crippen LogP contribution in [0, 0.1) is 11.7 Å². The Morgan fingerprint density at radius 1 is 1.15 bits per heavy atom. The molecule has 1 N–H and O–H groups in total. The third-order valence-corrected chi connectivity index (χ3v) is 5.04. The zero-order valence-corrected chi connectivity index (χ0v) is 14.0. The number of nitrogens with one attached hydrogen (secondary N) is 1. The molecule has 0 heterocycles. The molecule has 0 bridgehead atoms. The van der Waals surface area contributed by atoms with Crippen molar-refractivity contribution >= 4 is 15.9 Å². The molecule has 1 saturated carbocycles. The van der Waals surface area contributed by atoms with E-state index in [9.17, 15) is 4.39 Å². The van der Waals surface area contributed by atoms with Crippen molar-refractivity contribution in [3.8, 4) is 0 Å². The fourth-order valence-electron chi connectivity index (χ4n) is 3.28. The van der Waals surface area contributed by atoms with Crippen LogP contribution in [0.3, 0.4) is 0 Å². The minimum absolute atomic E-state index is 0.0568. The highest BCUT2D eigenvalue weighted by Gasteiger charge is 2.21. The number of halogens is 2. The summed E-state index contributed by atoms with van der Waals surface area (Å²) in [6, 6.07) is 5.83. The highest BCUT2D eigenvalue weighted by molar-refractivity contribution is 9.10. The Labute approximate surface area is 130 Å². The molecule has 20 heavy (non-hydrogen) atoms. The van der Waals surface area contributed by atoms with Crippen LogP contribution in [0.1, 0.15) is 64.0 Å². The van der Waals surface area contributed by atoms with Crippen LogP contribution < -0.4 is 5.32 Å². The van der Waals surface area contributed by atoms with Gasteiger partial charge in [0.2, 0.25) is 0 Å². The van der Waals surface area contributed by atoms with Gasteiger partial charge in [-0.3, -0.25) is 0 Å². The molecule has 0 aliphatic heterocycles. The monoisotopic (exact) mass is 341 g/mol. The SMILES string of the molecule is CC(N[C@@H](C)C1CCCCCC1)c1ccc(Br)cc1F. The Bertz CT molecular complexity index is 427. The first-order valence-electron chi connectivity index (χ1n) is 7.79. The van der Waals surface area contributed by atoms with Crippen LogP contribution >= 0.6 is 15.9 Å². The van der Waals surface area contributed by atoms with E-state index in [2.05, 4.69) is 35.1 Å². The fourth-order valence-corrected chi connectivity index (χ4v) is 3.62. The third kappa shape index (κ3) is 4.29. The van der Waals surface area contributed by atoms with Crippen molar-refractivity contribution < 1.29 is 4.39 Å². The zero-order valence-electron chi connectivity index (χ0n) is 12.5. The van der Waals surface area contributed by atoms with Crippen molar-refractivity contribution in [2.45, 2.75) is 64.5 Å².